The molecule has 7 heteroatoms. The Morgan fingerprint density at radius 1 is 1.07 bits per heavy atom. The number of hydrogen-bond acceptors (Lipinski definition) is 6. The molecule has 1 aromatic heterocycles. The zero-order chi connectivity index (χ0) is 19.9. The van der Waals surface area contributed by atoms with Gasteiger partial charge in [0.05, 0.1) is 7.11 Å². The highest BCUT2D eigenvalue weighted by Gasteiger charge is 2.23. The third-order valence-electron chi connectivity index (χ3n) is 4.10. The molecule has 1 heterocycles. The number of amides is 1. The van der Waals surface area contributed by atoms with Crippen LogP contribution in [-0.2, 0) is 16.1 Å². The van der Waals surface area contributed by atoms with Crippen LogP contribution in [-0.4, -0.2) is 30.7 Å². The number of aromatic nitrogens is 1. The van der Waals surface area contributed by atoms with Crippen LogP contribution < -0.4 is 10.1 Å². The lowest BCUT2D eigenvalue weighted by Crippen LogP contribution is -2.28. The fraction of sp³-hybridized carbons (Fsp3) is 0.190. The maximum atomic E-state index is 12.5. The molecule has 0 fully saturated rings. The molecule has 3 aromatic rings. The first-order chi connectivity index (χ1) is 13.6. The first-order valence-corrected chi connectivity index (χ1v) is 8.67. The summed E-state index contributed by atoms with van der Waals surface area (Å²) in [6, 6.07) is 16.5. The summed E-state index contributed by atoms with van der Waals surface area (Å²) >= 11 is 0. The summed E-state index contributed by atoms with van der Waals surface area (Å²) in [4.78, 5) is 24.5. The van der Waals surface area contributed by atoms with Crippen molar-refractivity contribution < 1.29 is 23.6 Å². The van der Waals surface area contributed by atoms with Gasteiger partial charge in [0, 0.05) is 12.1 Å². The van der Waals surface area contributed by atoms with Crippen LogP contribution in [0, 0.1) is 6.92 Å². The summed E-state index contributed by atoms with van der Waals surface area (Å²) in [5.41, 5.74) is 2.24. The number of nitrogens with one attached hydrogen (secondary N) is 1. The zero-order valence-corrected chi connectivity index (χ0v) is 15.6. The monoisotopic (exact) mass is 380 g/mol. The zero-order valence-electron chi connectivity index (χ0n) is 15.6. The van der Waals surface area contributed by atoms with Crippen LogP contribution in [0.2, 0.25) is 0 Å². The smallest absolute Gasteiger partial charge is 0.344 e. The molecule has 28 heavy (non-hydrogen) atoms. The van der Waals surface area contributed by atoms with E-state index in [4.69, 9.17) is 14.0 Å². The number of benzene rings is 2. The first kappa shape index (κ1) is 19.2. The van der Waals surface area contributed by atoms with Crippen molar-refractivity contribution in [2.45, 2.75) is 13.5 Å². The molecule has 0 saturated carbocycles. The number of ether oxygens (including phenoxy) is 2. The lowest BCUT2D eigenvalue weighted by Gasteiger charge is -2.08. The lowest BCUT2D eigenvalue weighted by atomic mass is 10.1. The van der Waals surface area contributed by atoms with E-state index < -0.39 is 18.5 Å². The highest BCUT2D eigenvalue weighted by Crippen LogP contribution is 2.25. The second kappa shape index (κ2) is 8.85. The Bertz CT molecular complexity index is 949. The minimum atomic E-state index is -0.655. The van der Waals surface area contributed by atoms with Gasteiger partial charge >= 0.3 is 5.97 Å². The molecule has 0 bridgehead atoms. The Labute approximate surface area is 162 Å². The van der Waals surface area contributed by atoms with Crippen LogP contribution in [0.5, 0.6) is 5.75 Å². The third-order valence-corrected chi connectivity index (χ3v) is 4.10. The van der Waals surface area contributed by atoms with Gasteiger partial charge in [-0.15, -0.1) is 0 Å². The summed E-state index contributed by atoms with van der Waals surface area (Å²) in [7, 11) is 1.59. The molecule has 0 atom stereocenters. The number of esters is 1. The van der Waals surface area contributed by atoms with Crippen LogP contribution in [0.15, 0.2) is 59.1 Å². The number of aryl methyl sites for hydroxylation is 1. The summed E-state index contributed by atoms with van der Waals surface area (Å²) in [6.45, 7) is 1.55. The second-order valence-electron chi connectivity index (χ2n) is 6.03. The van der Waals surface area contributed by atoms with Crippen molar-refractivity contribution in [3.8, 4) is 17.0 Å². The molecule has 0 aliphatic heterocycles. The summed E-state index contributed by atoms with van der Waals surface area (Å²) < 4.78 is 15.4. The molecule has 144 valence electrons. The highest BCUT2D eigenvalue weighted by atomic mass is 16.5. The van der Waals surface area contributed by atoms with Gasteiger partial charge in [-0.1, -0.05) is 47.6 Å². The lowest BCUT2D eigenvalue weighted by molar-refractivity contribution is -0.124. The molecule has 3 rings (SSSR count). The number of nitrogens with zero attached hydrogens (tertiary/aromatic N) is 1. The Kier molecular flexibility index (Phi) is 6.06. The van der Waals surface area contributed by atoms with Crippen molar-refractivity contribution in [3.05, 3.63) is 71.5 Å². The Morgan fingerprint density at radius 3 is 2.46 bits per heavy atom. The first-order valence-electron chi connectivity index (χ1n) is 8.67. The highest BCUT2D eigenvalue weighted by molar-refractivity contribution is 5.98. The van der Waals surface area contributed by atoms with Crippen molar-refractivity contribution in [3.63, 3.8) is 0 Å². The fourth-order valence-electron chi connectivity index (χ4n) is 2.60. The van der Waals surface area contributed by atoms with Crippen LogP contribution in [0.25, 0.3) is 11.3 Å². The molecule has 0 spiro atoms. The van der Waals surface area contributed by atoms with Gasteiger partial charge in [-0.2, -0.15) is 0 Å². The largest absolute Gasteiger partial charge is 0.497 e. The number of rotatable bonds is 7. The van der Waals surface area contributed by atoms with Gasteiger partial charge in [-0.3, -0.25) is 4.79 Å². The minimum Gasteiger partial charge on any atom is -0.497 e. The van der Waals surface area contributed by atoms with E-state index >= 15 is 0 Å². The number of carbonyl (C=O) groups is 2. The van der Waals surface area contributed by atoms with Gasteiger partial charge < -0.3 is 19.3 Å². The summed E-state index contributed by atoms with van der Waals surface area (Å²) in [5, 5.41) is 6.64. The summed E-state index contributed by atoms with van der Waals surface area (Å²) in [6.07, 6.45) is 0. The predicted octanol–water partition coefficient (Wildman–Crippen LogP) is 3.13. The molecule has 7 nitrogen and oxygen atoms in total. The van der Waals surface area contributed by atoms with E-state index in [1.807, 2.05) is 42.5 Å². The molecule has 0 saturated heterocycles. The average molecular weight is 380 g/mol. The number of methoxy groups -OCH3 is 1. The van der Waals surface area contributed by atoms with Crippen LogP contribution >= 0.6 is 0 Å². The van der Waals surface area contributed by atoms with Crippen LogP contribution in [0.3, 0.4) is 0 Å². The maximum Gasteiger partial charge on any atom is 0.344 e. The molecule has 0 radical (unpaired) electrons. The Hall–Kier alpha value is -3.61. The van der Waals surface area contributed by atoms with Crippen molar-refractivity contribution in [1.29, 1.82) is 0 Å². The average Bonchev–Trinajstić information content (AvgIpc) is 3.13. The molecule has 2 aromatic carbocycles. The third kappa shape index (κ3) is 4.56. The Morgan fingerprint density at radius 2 is 1.79 bits per heavy atom. The molecule has 1 amide bonds. The molecule has 0 unspecified atom stereocenters. The van der Waals surface area contributed by atoms with Crippen molar-refractivity contribution in [2.75, 3.05) is 13.7 Å². The van der Waals surface area contributed by atoms with E-state index in [2.05, 4.69) is 10.5 Å². The van der Waals surface area contributed by atoms with E-state index in [-0.39, 0.29) is 5.56 Å². The van der Waals surface area contributed by atoms with E-state index in [9.17, 15) is 9.59 Å². The van der Waals surface area contributed by atoms with Gasteiger partial charge in [0.15, 0.2) is 6.61 Å². The van der Waals surface area contributed by atoms with E-state index in [1.54, 1.807) is 26.2 Å². The fourth-order valence-corrected chi connectivity index (χ4v) is 2.60. The van der Waals surface area contributed by atoms with Gasteiger partial charge in [-0.05, 0) is 24.6 Å². The van der Waals surface area contributed by atoms with E-state index in [0.29, 0.717) is 18.0 Å². The van der Waals surface area contributed by atoms with Crippen molar-refractivity contribution in [1.82, 2.24) is 10.5 Å². The van der Waals surface area contributed by atoms with Gasteiger partial charge in [-0.25, -0.2) is 4.79 Å². The van der Waals surface area contributed by atoms with Crippen molar-refractivity contribution >= 4 is 11.9 Å². The molecular formula is C21H20N2O5. The molecule has 0 aliphatic rings. The number of carbonyl (C=O) groups excluding carboxylic acids is 2. The van der Waals surface area contributed by atoms with Gasteiger partial charge in [0.2, 0.25) is 0 Å². The van der Waals surface area contributed by atoms with E-state index in [0.717, 1.165) is 16.9 Å². The van der Waals surface area contributed by atoms with Gasteiger partial charge in [0.25, 0.3) is 5.91 Å². The van der Waals surface area contributed by atoms with Crippen LogP contribution in [0.1, 0.15) is 21.7 Å². The normalized spacial score (nSPS) is 10.4. The van der Waals surface area contributed by atoms with Crippen LogP contribution in [0.4, 0.5) is 0 Å². The quantitative estimate of drug-likeness (QED) is 0.633. The van der Waals surface area contributed by atoms with Crippen molar-refractivity contribution in [2.24, 2.45) is 0 Å². The SMILES string of the molecule is COc1ccc(CNC(=O)COC(=O)c2c(-c3ccccc3)noc2C)cc1. The molecule has 0 aliphatic carbocycles. The van der Waals surface area contributed by atoms with Gasteiger partial charge in [0.1, 0.15) is 22.8 Å². The topological polar surface area (TPSA) is 90.7 Å². The Balaban J connectivity index is 1.57. The molecular weight excluding hydrogens is 360 g/mol. The standard InChI is InChI=1S/C21H20N2O5/c1-14-19(20(23-28-14)16-6-4-3-5-7-16)21(25)27-13-18(24)22-12-15-8-10-17(26-2)11-9-15/h3-11H,12-13H2,1-2H3,(H,22,24). The minimum absolute atomic E-state index is 0.217. The molecule has 1 N–H and O–H groups in total. The second-order valence-corrected chi connectivity index (χ2v) is 6.03. The maximum absolute atomic E-state index is 12.5. The summed E-state index contributed by atoms with van der Waals surface area (Å²) in [5.74, 6) is 0.0153. The predicted molar refractivity (Wildman–Crippen MR) is 102 cm³/mol. The number of hydrogen-bond donors (Lipinski definition) is 1. The van der Waals surface area contributed by atoms with E-state index in [1.165, 1.54) is 0 Å².